The maximum Gasteiger partial charge on any atom is 0.316 e. The van der Waals surface area contributed by atoms with Crippen molar-refractivity contribution in [3.05, 3.63) is 18.2 Å². The van der Waals surface area contributed by atoms with Crippen molar-refractivity contribution in [2.75, 3.05) is 12.9 Å². The third kappa shape index (κ3) is 3.16. The highest BCUT2D eigenvalue weighted by Gasteiger charge is 2.12. The Labute approximate surface area is 112 Å². The minimum absolute atomic E-state index is 0.0684. The molecule has 100 valence electrons. The molecule has 0 spiro atoms. The number of rotatable bonds is 4. The molecule has 0 aliphatic rings. The van der Waals surface area contributed by atoms with E-state index in [2.05, 4.69) is 14.9 Å². The molecule has 19 heavy (non-hydrogen) atoms. The normalized spacial score (nSPS) is 10.4. The topological polar surface area (TPSA) is 106 Å². The first-order valence-corrected chi connectivity index (χ1v) is 6.14. The Morgan fingerprint density at radius 3 is 2.84 bits per heavy atom. The van der Waals surface area contributed by atoms with Crippen LogP contribution in [0.1, 0.15) is 0 Å². The molecule has 0 saturated carbocycles. The van der Waals surface area contributed by atoms with Crippen LogP contribution in [-0.4, -0.2) is 39.2 Å². The molecule has 2 N–H and O–H groups in total. The van der Waals surface area contributed by atoms with E-state index in [-0.39, 0.29) is 28.4 Å². The number of carbonyl (C=O) groups excluding carboxylic acids is 1. The lowest BCUT2D eigenvalue weighted by molar-refractivity contribution is -0.137. The van der Waals surface area contributed by atoms with E-state index in [1.807, 2.05) is 0 Å². The van der Waals surface area contributed by atoms with E-state index in [9.17, 15) is 15.0 Å². The molecule has 8 heteroatoms. The Balaban J connectivity index is 2.12. The van der Waals surface area contributed by atoms with Crippen molar-refractivity contribution in [2.45, 2.75) is 5.22 Å². The molecule has 1 aromatic heterocycles. The fourth-order valence-electron chi connectivity index (χ4n) is 1.22. The largest absolute Gasteiger partial charge is 0.504 e. The molecule has 0 amide bonds. The molecule has 0 fully saturated rings. The van der Waals surface area contributed by atoms with E-state index in [1.54, 1.807) is 0 Å². The van der Waals surface area contributed by atoms with Gasteiger partial charge in [-0.1, -0.05) is 11.8 Å². The van der Waals surface area contributed by atoms with Gasteiger partial charge in [0.25, 0.3) is 5.22 Å². The number of methoxy groups -OCH3 is 1. The number of nitrogens with zero attached hydrogens (tertiary/aromatic N) is 2. The van der Waals surface area contributed by atoms with E-state index in [1.165, 1.54) is 25.3 Å². The van der Waals surface area contributed by atoms with Crippen LogP contribution in [0.2, 0.25) is 0 Å². The number of aromatic nitrogens is 2. The van der Waals surface area contributed by atoms with E-state index < -0.39 is 5.97 Å². The van der Waals surface area contributed by atoms with Crippen molar-refractivity contribution in [3.8, 4) is 23.0 Å². The van der Waals surface area contributed by atoms with Gasteiger partial charge in [-0.25, -0.2) is 0 Å². The molecule has 0 aliphatic carbocycles. The SMILES string of the molecule is COC(=O)CSc1nnc(-c2ccc(O)c(O)c2)o1. The van der Waals surface area contributed by atoms with Crippen LogP contribution >= 0.6 is 11.8 Å². The second kappa shape index (κ2) is 5.61. The molecule has 1 heterocycles. The summed E-state index contributed by atoms with van der Waals surface area (Å²) in [4.78, 5) is 11.0. The van der Waals surface area contributed by atoms with Gasteiger partial charge in [0.1, 0.15) is 5.75 Å². The smallest absolute Gasteiger partial charge is 0.316 e. The van der Waals surface area contributed by atoms with Crippen molar-refractivity contribution in [1.82, 2.24) is 10.2 Å². The zero-order valence-electron chi connectivity index (χ0n) is 9.86. The number of carbonyl (C=O) groups is 1. The number of hydrogen-bond acceptors (Lipinski definition) is 8. The van der Waals surface area contributed by atoms with Crippen LogP contribution in [-0.2, 0) is 9.53 Å². The molecule has 0 radical (unpaired) electrons. The number of ether oxygens (including phenoxy) is 1. The lowest BCUT2D eigenvalue weighted by Gasteiger charge is -1.98. The van der Waals surface area contributed by atoms with Crippen molar-refractivity contribution in [3.63, 3.8) is 0 Å². The summed E-state index contributed by atoms with van der Waals surface area (Å²) in [6, 6.07) is 4.14. The Kier molecular flexibility index (Phi) is 3.91. The van der Waals surface area contributed by atoms with Crippen LogP contribution in [0.15, 0.2) is 27.8 Å². The van der Waals surface area contributed by atoms with Crippen molar-refractivity contribution >= 4 is 17.7 Å². The molecular weight excluding hydrogens is 272 g/mol. The van der Waals surface area contributed by atoms with Crippen LogP contribution in [0, 0.1) is 0 Å². The summed E-state index contributed by atoms with van der Waals surface area (Å²) in [7, 11) is 1.29. The molecule has 0 saturated heterocycles. The molecule has 0 aliphatic heterocycles. The quantitative estimate of drug-likeness (QED) is 0.492. The van der Waals surface area contributed by atoms with Crippen molar-refractivity contribution < 1.29 is 24.2 Å². The second-order valence-corrected chi connectivity index (χ2v) is 4.37. The van der Waals surface area contributed by atoms with Gasteiger partial charge < -0.3 is 19.4 Å². The van der Waals surface area contributed by atoms with Gasteiger partial charge in [-0.3, -0.25) is 4.79 Å². The first kappa shape index (κ1) is 13.2. The molecule has 2 aromatic rings. The number of esters is 1. The van der Waals surface area contributed by atoms with Gasteiger partial charge in [-0.2, -0.15) is 0 Å². The first-order valence-electron chi connectivity index (χ1n) is 5.15. The fraction of sp³-hybridized carbons (Fsp3) is 0.182. The summed E-state index contributed by atoms with van der Waals surface area (Å²) in [5.74, 6) is -0.656. The minimum Gasteiger partial charge on any atom is -0.504 e. The van der Waals surface area contributed by atoms with Crippen LogP contribution in [0.3, 0.4) is 0 Å². The predicted octanol–water partition coefficient (Wildman–Crippen LogP) is 1.41. The summed E-state index contributed by atoms with van der Waals surface area (Å²) in [6.07, 6.45) is 0. The lowest BCUT2D eigenvalue weighted by atomic mass is 10.2. The van der Waals surface area contributed by atoms with Gasteiger partial charge in [0.05, 0.1) is 7.11 Å². The Bertz CT molecular complexity index is 599. The number of benzene rings is 1. The first-order chi connectivity index (χ1) is 9.10. The number of aromatic hydroxyl groups is 2. The van der Waals surface area contributed by atoms with Crippen LogP contribution in [0.25, 0.3) is 11.5 Å². The number of phenolic OH excluding ortho intramolecular Hbond substituents is 2. The molecule has 0 bridgehead atoms. The third-order valence-electron chi connectivity index (χ3n) is 2.17. The zero-order chi connectivity index (χ0) is 13.8. The maximum absolute atomic E-state index is 11.0. The molecular formula is C11H10N2O5S. The summed E-state index contributed by atoms with van der Waals surface area (Å²) < 4.78 is 9.78. The number of hydrogen-bond donors (Lipinski definition) is 2. The maximum atomic E-state index is 11.0. The molecule has 1 aromatic carbocycles. The van der Waals surface area contributed by atoms with Gasteiger partial charge >= 0.3 is 5.97 Å². The summed E-state index contributed by atoms with van der Waals surface area (Å²) in [5.41, 5.74) is 0.465. The fourth-order valence-corrected chi connectivity index (χ4v) is 1.82. The monoisotopic (exact) mass is 282 g/mol. The third-order valence-corrected chi connectivity index (χ3v) is 2.96. The van der Waals surface area contributed by atoms with Crippen LogP contribution < -0.4 is 0 Å². The average molecular weight is 282 g/mol. The van der Waals surface area contributed by atoms with Gasteiger partial charge in [0.15, 0.2) is 11.5 Å². The van der Waals surface area contributed by atoms with Gasteiger partial charge in [-0.15, -0.1) is 10.2 Å². The summed E-state index contributed by atoms with van der Waals surface area (Å²) in [5, 5.41) is 26.3. The minimum atomic E-state index is -0.396. The summed E-state index contributed by atoms with van der Waals surface area (Å²) >= 11 is 1.05. The van der Waals surface area contributed by atoms with Gasteiger partial charge in [0, 0.05) is 5.56 Å². The highest BCUT2D eigenvalue weighted by molar-refractivity contribution is 7.99. The van der Waals surface area contributed by atoms with Crippen LogP contribution in [0.4, 0.5) is 0 Å². The second-order valence-electron chi connectivity index (χ2n) is 3.44. The predicted molar refractivity (Wildman–Crippen MR) is 65.8 cm³/mol. The van der Waals surface area contributed by atoms with E-state index in [0.29, 0.717) is 5.56 Å². The van der Waals surface area contributed by atoms with E-state index >= 15 is 0 Å². The van der Waals surface area contributed by atoms with E-state index in [4.69, 9.17) is 4.42 Å². The summed E-state index contributed by atoms with van der Waals surface area (Å²) in [6.45, 7) is 0. The zero-order valence-corrected chi connectivity index (χ0v) is 10.7. The lowest BCUT2D eigenvalue weighted by Crippen LogP contribution is -2.02. The van der Waals surface area contributed by atoms with E-state index in [0.717, 1.165) is 11.8 Å². The van der Waals surface area contributed by atoms with Gasteiger partial charge in [-0.05, 0) is 18.2 Å². The molecule has 2 rings (SSSR count). The average Bonchev–Trinajstić information content (AvgIpc) is 2.88. The Morgan fingerprint density at radius 1 is 1.37 bits per heavy atom. The molecule has 7 nitrogen and oxygen atoms in total. The molecule has 0 unspecified atom stereocenters. The van der Waals surface area contributed by atoms with Crippen LogP contribution in [0.5, 0.6) is 11.5 Å². The van der Waals surface area contributed by atoms with Crippen molar-refractivity contribution in [1.29, 1.82) is 0 Å². The van der Waals surface area contributed by atoms with Gasteiger partial charge in [0.2, 0.25) is 5.89 Å². The highest BCUT2D eigenvalue weighted by atomic mass is 32.2. The standard InChI is InChI=1S/C11H10N2O5S/c1-17-9(16)5-19-11-13-12-10(18-11)6-2-3-7(14)8(15)4-6/h2-4,14-15H,5H2,1H3. The molecule has 0 atom stereocenters. The number of thioether (sulfide) groups is 1. The Hall–Kier alpha value is -2.22. The highest BCUT2D eigenvalue weighted by Crippen LogP contribution is 2.30. The van der Waals surface area contributed by atoms with Crippen molar-refractivity contribution in [2.24, 2.45) is 0 Å². The number of phenols is 2. The Morgan fingerprint density at radius 2 is 2.16 bits per heavy atom.